The van der Waals surface area contributed by atoms with Crippen LogP contribution in [0.3, 0.4) is 0 Å². The third-order valence-electron chi connectivity index (χ3n) is 3.43. The summed E-state index contributed by atoms with van der Waals surface area (Å²) >= 11 is 1.52. The monoisotopic (exact) mass is 351 g/mol. The Bertz CT molecular complexity index is 890. The number of aromatic nitrogens is 1. The third-order valence-corrected chi connectivity index (χ3v) is 4.75. The zero-order valence-corrected chi connectivity index (χ0v) is 14.7. The van der Waals surface area contributed by atoms with Crippen LogP contribution in [0, 0.1) is 6.92 Å². The number of thiazole rings is 1. The lowest BCUT2D eigenvalue weighted by Crippen LogP contribution is -2.11. The summed E-state index contributed by atoms with van der Waals surface area (Å²) in [4.78, 5) is 22.2. The molecule has 0 radical (unpaired) electrons. The first kappa shape index (κ1) is 16.9. The molecule has 3 rings (SSSR count). The van der Waals surface area contributed by atoms with Gasteiger partial charge in [-0.2, -0.15) is 0 Å². The smallest absolute Gasteiger partial charge is 0.297 e. The van der Waals surface area contributed by atoms with Crippen LogP contribution < -0.4 is 5.32 Å². The number of oxime groups is 1. The molecule has 0 saturated carbocycles. The predicted octanol–water partition coefficient (Wildman–Crippen LogP) is 5.09. The van der Waals surface area contributed by atoms with Gasteiger partial charge in [0.05, 0.1) is 16.3 Å². The summed E-state index contributed by atoms with van der Waals surface area (Å²) < 4.78 is 0. The molecule has 0 atom stereocenters. The van der Waals surface area contributed by atoms with Crippen LogP contribution in [0.4, 0.5) is 10.5 Å². The van der Waals surface area contributed by atoms with Crippen LogP contribution in [-0.4, -0.2) is 16.8 Å². The Labute approximate surface area is 150 Å². The quantitative estimate of drug-likeness (QED) is 0.404. The SMILES string of the molecule is C/C(=N/OC(=O)Nc1ccccc1)c1sc(-c2ccccc2)nc1C. The fourth-order valence-corrected chi connectivity index (χ4v) is 3.26. The predicted molar refractivity (Wildman–Crippen MR) is 101 cm³/mol. The fraction of sp³-hybridized carbons (Fsp3) is 0.105. The fourth-order valence-electron chi connectivity index (χ4n) is 2.25. The number of carbonyl (C=O) groups is 1. The van der Waals surface area contributed by atoms with Crippen LogP contribution in [0.15, 0.2) is 65.8 Å². The molecule has 0 saturated heterocycles. The van der Waals surface area contributed by atoms with E-state index in [0.29, 0.717) is 11.4 Å². The van der Waals surface area contributed by atoms with Crippen molar-refractivity contribution in [1.82, 2.24) is 4.98 Å². The van der Waals surface area contributed by atoms with E-state index >= 15 is 0 Å². The zero-order valence-electron chi connectivity index (χ0n) is 13.9. The number of carbonyl (C=O) groups excluding carboxylic acids is 1. The van der Waals surface area contributed by atoms with Crippen molar-refractivity contribution in [2.24, 2.45) is 5.16 Å². The molecule has 5 nitrogen and oxygen atoms in total. The molecule has 0 aliphatic heterocycles. The van der Waals surface area contributed by atoms with Crippen molar-refractivity contribution >= 4 is 28.8 Å². The molecule has 0 aliphatic carbocycles. The average molecular weight is 351 g/mol. The number of para-hydroxylation sites is 1. The maximum atomic E-state index is 11.8. The molecular formula is C19H17N3O2S. The summed E-state index contributed by atoms with van der Waals surface area (Å²) in [6, 6.07) is 19.0. The van der Waals surface area contributed by atoms with Gasteiger partial charge in [-0.25, -0.2) is 9.78 Å². The van der Waals surface area contributed by atoms with Gasteiger partial charge in [-0.15, -0.1) is 11.3 Å². The first-order chi connectivity index (χ1) is 12.1. The number of nitrogens with zero attached hydrogens (tertiary/aromatic N) is 2. The normalized spacial score (nSPS) is 11.2. The van der Waals surface area contributed by atoms with Crippen molar-refractivity contribution < 1.29 is 9.63 Å². The maximum absolute atomic E-state index is 11.8. The Morgan fingerprint density at radius 1 is 1.08 bits per heavy atom. The first-order valence-corrected chi connectivity index (χ1v) is 8.56. The van der Waals surface area contributed by atoms with Gasteiger partial charge in [-0.05, 0) is 26.0 Å². The van der Waals surface area contributed by atoms with Gasteiger partial charge in [0.1, 0.15) is 5.01 Å². The molecule has 0 fully saturated rings. The number of nitrogens with one attached hydrogen (secondary N) is 1. The molecule has 6 heteroatoms. The van der Waals surface area contributed by atoms with Crippen LogP contribution in [0.1, 0.15) is 17.5 Å². The van der Waals surface area contributed by atoms with Crippen molar-refractivity contribution in [1.29, 1.82) is 0 Å². The van der Waals surface area contributed by atoms with Gasteiger partial charge in [0.2, 0.25) is 0 Å². The molecule has 25 heavy (non-hydrogen) atoms. The lowest BCUT2D eigenvalue weighted by molar-refractivity contribution is 0.166. The van der Waals surface area contributed by atoms with E-state index in [2.05, 4.69) is 15.5 Å². The molecule has 1 aromatic heterocycles. The molecule has 3 aromatic rings. The summed E-state index contributed by atoms with van der Waals surface area (Å²) in [5, 5.41) is 7.46. The van der Waals surface area contributed by atoms with Crippen LogP contribution in [-0.2, 0) is 4.84 Å². The third kappa shape index (κ3) is 4.30. The Kier molecular flexibility index (Phi) is 5.20. The highest BCUT2D eigenvalue weighted by Crippen LogP contribution is 2.28. The van der Waals surface area contributed by atoms with E-state index in [1.165, 1.54) is 11.3 Å². The molecule has 1 heterocycles. The Hall–Kier alpha value is -2.99. The average Bonchev–Trinajstić information content (AvgIpc) is 3.03. The van der Waals surface area contributed by atoms with Gasteiger partial charge in [-0.1, -0.05) is 53.7 Å². The second-order valence-corrected chi connectivity index (χ2v) is 6.35. The largest absolute Gasteiger partial charge is 0.437 e. The molecule has 0 spiro atoms. The second-order valence-electron chi connectivity index (χ2n) is 5.35. The molecule has 0 bridgehead atoms. The van der Waals surface area contributed by atoms with Gasteiger partial charge < -0.3 is 0 Å². The summed E-state index contributed by atoms with van der Waals surface area (Å²) in [6.45, 7) is 3.71. The van der Waals surface area contributed by atoms with E-state index in [-0.39, 0.29) is 0 Å². The Morgan fingerprint density at radius 2 is 1.72 bits per heavy atom. The van der Waals surface area contributed by atoms with Crippen LogP contribution in [0.25, 0.3) is 10.6 Å². The van der Waals surface area contributed by atoms with E-state index in [0.717, 1.165) is 21.1 Å². The lowest BCUT2D eigenvalue weighted by Gasteiger charge is -2.02. The number of benzene rings is 2. The lowest BCUT2D eigenvalue weighted by atomic mass is 10.2. The minimum Gasteiger partial charge on any atom is -0.297 e. The second kappa shape index (κ2) is 7.72. The maximum Gasteiger partial charge on any atom is 0.437 e. The van der Waals surface area contributed by atoms with Gasteiger partial charge in [0, 0.05) is 11.3 Å². The van der Waals surface area contributed by atoms with E-state index in [9.17, 15) is 4.79 Å². The van der Waals surface area contributed by atoms with Crippen LogP contribution in [0.2, 0.25) is 0 Å². The van der Waals surface area contributed by atoms with Crippen molar-refractivity contribution in [3.05, 3.63) is 71.2 Å². The number of hydrogen-bond donors (Lipinski definition) is 1. The highest BCUT2D eigenvalue weighted by Gasteiger charge is 2.13. The van der Waals surface area contributed by atoms with Crippen molar-refractivity contribution in [3.63, 3.8) is 0 Å². The number of rotatable bonds is 4. The van der Waals surface area contributed by atoms with Gasteiger partial charge in [0.25, 0.3) is 0 Å². The number of aryl methyl sites for hydroxylation is 1. The molecule has 126 valence electrons. The summed E-state index contributed by atoms with van der Waals surface area (Å²) in [5.41, 5.74) is 3.18. The minimum atomic E-state index is -0.629. The van der Waals surface area contributed by atoms with Gasteiger partial charge in [0.15, 0.2) is 0 Å². The molecule has 1 amide bonds. The van der Waals surface area contributed by atoms with Crippen LogP contribution in [0.5, 0.6) is 0 Å². The summed E-state index contributed by atoms with van der Waals surface area (Å²) in [6.07, 6.45) is -0.629. The van der Waals surface area contributed by atoms with Crippen molar-refractivity contribution in [3.8, 4) is 10.6 Å². The zero-order chi connectivity index (χ0) is 17.6. The molecule has 0 aliphatic rings. The number of hydrogen-bond acceptors (Lipinski definition) is 5. The minimum absolute atomic E-state index is 0.611. The van der Waals surface area contributed by atoms with E-state index in [4.69, 9.17) is 4.84 Å². The van der Waals surface area contributed by atoms with Crippen molar-refractivity contribution in [2.45, 2.75) is 13.8 Å². The highest BCUT2D eigenvalue weighted by atomic mass is 32.1. The first-order valence-electron chi connectivity index (χ1n) is 7.74. The summed E-state index contributed by atoms with van der Waals surface area (Å²) in [7, 11) is 0. The topological polar surface area (TPSA) is 63.6 Å². The summed E-state index contributed by atoms with van der Waals surface area (Å²) in [5.74, 6) is 0. The highest BCUT2D eigenvalue weighted by molar-refractivity contribution is 7.17. The van der Waals surface area contributed by atoms with E-state index in [1.807, 2.05) is 55.5 Å². The van der Waals surface area contributed by atoms with E-state index < -0.39 is 6.09 Å². The molecule has 2 aromatic carbocycles. The number of anilines is 1. The van der Waals surface area contributed by atoms with Crippen molar-refractivity contribution in [2.75, 3.05) is 5.32 Å². The number of amides is 1. The molecule has 1 N–H and O–H groups in total. The van der Waals surface area contributed by atoms with Gasteiger partial charge in [-0.3, -0.25) is 10.2 Å². The van der Waals surface area contributed by atoms with E-state index in [1.54, 1.807) is 19.1 Å². The van der Waals surface area contributed by atoms with Gasteiger partial charge >= 0.3 is 6.09 Å². The molecule has 0 unspecified atom stereocenters. The Morgan fingerprint density at radius 3 is 2.40 bits per heavy atom. The van der Waals surface area contributed by atoms with Crippen LogP contribution >= 0.6 is 11.3 Å². The Balaban J connectivity index is 1.70. The molecular weight excluding hydrogens is 334 g/mol. The standard InChI is InChI=1S/C19H17N3O2S/c1-13-17(25-18(20-13)15-9-5-3-6-10-15)14(2)22-24-19(23)21-16-11-7-4-8-12-16/h3-12H,1-2H3,(H,21,23)/b22-14-.